The van der Waals surface area contributed by atoms with Crippen LogP contribution in [0.25, 0.3) is 0 Å². The third-order valence-corrected chi connectivity index (χ3v) is 2.31. The summed E-state index contributed by atoms with van der Waals surface area (Å²) in [5.74, 6) is -2.84. The minimum absolute atomic E-state index is 0.179. The Hall–Kier alpha value is -2.31. The summed E-state index contributed by atoms with van der Waals surface area (Å²) in [7, 11) is 1.07. The summed E-state index contributed by atoms with van der Waals surface area (Å²) in [4.78, 5) is 32.5. The number of carbonyl (C=O) groups excluding carboxylic acids is 1. The highest BCUT2D eigenvalue weighted by atomic mass is 19.1. The molecule has 1 N–H and O–H groups in total. The summed E-state index contributed by atoms with van der Waals surface area (Å²) < 4.78 is 18.0. The fourth-order valence-electron chi connectivity index (χ4n) is 1.49. The van der Waals surface area contributed by atoms with E-state index < -0.39 is 17.8 Å². The molecule has 0 heterocycles. The monoisotopic (exact) mass is 255 g/mol. The summed E-state index contributed by atoms with van der Waals surface area (Å²) in [6.45, 7) is 0. The number of methoxy groups -OCH3 is 1. The number of hydrogen-bond acceptors (Lipinski definition) is 5. The van der Waals surface area contributed by atoms with Gasteiger partial charge in [0.2, 0.25) is 0 Å². The second-order valence-electron chi connectivity index (χ2n) is 3.40. The Balaban J connectivity index is 3.30. The van der Waals surface area contributed by atoms with E-state index in [1.54, 1.807) is 0 Å². The standard InChI is InChI=1S/C11H10FNO5/c1-18-11(16)10-6(2-5-9(14)15)7(12)3-4-8(10)13-17/h3-4H,2,5H2,1H3,(H,14,15). The zero-order chi connectivity index (χ0) is 13.7. The summed E-state index contributed by atoms with van der Waals surface area (Å²) in [6.07, 6.45) is -0.599. The van der Waals surface area contributed by atoms with E-state index in [1.807, 2.05) is 0 Å². The topological polar surface area (TPSA) is 93.0 Å². The van der Waals surface area contributed by atoms with E-state index in [4.69, 9.17) is 5.11 Å². The number of esters is 1. The van der Waals surface area contributed by atoms with E-state index >= 15 is 0 Å². The predicted molar refractivity (Wildman–Crippen MR) is 59.2 cm³/mol. The molecule has 0 aliphatic carbocycles. The highest BCUT2D eigenvalue weighted by molar-refractivity contribution is 5.96. The first-order chi connectivity index (χ1) is 8.51. The summed E-state index contributed by atoms with van der Waals surface area (Å²) in [6, 6.07) is 2.00. The molecule has 0 aliphatic rings. The lowest BCUT2D eigenvalue weighted by Crippen LogP contribution is -2.10. The van der Waals surface area contributed by atoms with Crippen molar-refractivity contribution in [2.75, 3.05) is 7.11 Å². The Bertz CT molecular complexity index is 500. The first kappa shape index (κ1) is 13.8. The highest BCUT2D eigenvalue weighted by Crippen LogP contribution is 2.27. The number of benzene rings is 1. The van der Waals surface area contributed by atoms with Crippen LogP contribution >= 0.6 is 0 Å². The van der Waals surface area contributed by atoms with Crippen molar-refractivity contribution in [2.24, 2.45) is 5.18 Å². The Labute approximate surface area is 101 Å². The van der Waals surface area contributed by atoms with Crippen LogP contribution in [-0.4, -0.2) is 24.2 Å². The van der Waals surface area contributed by atoms with Gasteiger partial charge < -0.3 is 9.84 Å². The van der Waals surface area contributed by atoms with E-state index in [9.17, 15) is 18.9 Å². The molecular formula is C11H10FNO5. The van der Waals surface area contributed by atoms with Crippen molar-refractivity contribution >= 4 is 17.6 Å². The molecule has 0 saturated carbocycles. The van der Waals surface area contributed by atoms with E-state index in [0.717, 1.165) is 19.2 Å². The number of aliphatic carboxylic acids is 1. The van der Waals surface area contributed by atoms with Gasteiger partial charge in [-0.2, -0.15) is 0 Å². The van der Waals surface area contributed by atoms with Crippen LogP contribution in [-0.2, 0) is 16.0 Å². The Kier molecular flexibility index (Phi) is 4.47. The van der Waals surface area contributed by atoms with Gasteiger partial charge in [-0.1, -0.05) is 0 Å². The number of hydrogen-bond donors (Lipinski definition) is 1. The van der Waals surface area contributed by atoms with Gasteiger partial charge in [0.15, 0.2) is 0 Å². The molecule has 0 unspecified atom stereocenters. The molecule has 0 amide bonds. The van der Waals surface area contributed by atoms with Gasteiger partial charge in [-0.3, -0.25) is 4.79 Å². The summed E-state index contributed by atoms with van der Waals surface area (Å²) in [5.41, 5.74) is -0.779. The van der Waals surface area contributed by atoms with Gasteiger partial charge in [0.25, 0.3) is 0 Å². The molecule has 0 saturated heterocycles. The number of carbonyl (C=O) groups is 2. The number of nitroso groups, excluding NO2 is 1. The zero-order valence-corrected chi connectivity index (χ0v) is 9.47. The van der Waals surface area contributed by atoms with Gasteiger partial charge in [0.05, 0.1) is 12.7 Å². The first-order valence-corrected chi connectivity index (χ1v) is 4.96. The number of halogens is 1. The van der Waals surface area contributed by atoms with Gasteiger partial charge in [-0.25, -0.2) is 9.18 Å². The van der Waals surface area contributed by atoms with E-state index in [2.05, 4.69) is 9.91 Å². The fourth-order valence-corrected chi connectivity index (χ4v) is 1.49. The highest BCUT2D eigenvalue weighted by Gasteiger charge is 2.21. The fraction of sp³-hybridized carbons (Fsp3) is 0.273. The average Bonchev–Trinajstić information content (AvgIpc) is 2.35. The van der Waals surface area contributed by atoms with Crippen molar-refractivity contribution in [3.8, 4) is 0 Å². The molecule has 1 aromatic carbocycles. The molecule has 0 aromatic heterocycles. The van der Waals surface area contributed by atoms with Gasteiger partial charge in [0.1, 0.15) is 11.5 Å². The lowest BCUT2D eigenvalue weighted by molar-refractivity contribution is -0.136. The summed E-state index contributed by atoms with van der Waals surface area (Å²) in [5, 5.41) is 11.2. The normalized spacial score (nSPS) is 9.89. The van der Waals surface area contributed by atoms with Crippen LogP contribution in [0.15, 0.2) is 17.3 Å². The Morgan fingerprint density at radius 2 is 2.11 bits per heavy atom. The van der Waals surface area contributed by atoms with Crippen LogP contribution in [0.2, 0.25) is 0 Å². The maximum Gasteiger partial charge on any atom is 0.340 e. The average molecular weight is 255 g/mol. The quantitative estimate of drug-likeness (QED) is 0.641. The molecule has 18 heavy (non-hydrogen) atoms. The van der Waals surface area contributed by atoms with E-state index in [1.165, 1.54) is 0 Å². The van der Waals surface area contributed by atoms with Gasteiger partial charge in [-0.05, 0) is 23.7 Å². The molecule has 0 aliphatic heterocycles. The first-order valence-electron chi connectivity index (χ1n) is 4.96. The smallest absolute Gasteiger partial charge is 0.340 e. The SMILES string of the molecule is COC(=O)c1c(N=O)ccc(F)c1CCC(=O)O. The maximum atomic E-state index is 13.6. The number of carboxylic acids is 1. The van der Waals surface area contributed by atoms with Gasteiger partial charge in [0, 0.05) is 12.0 Å². The molecule has 1 aromatic rings. The van der Waals surface area contributed by atoms with Crippen LogP contribution in [0, 0.1) is 10.7 Å². The van der Waals surface area contributed by atoms with Crippen molar-refractivity contribution in [2.45, 2.75) is 12.8 Å². The molecule has 0 bridgehead atoms. The number of ether oxygens (including phenoxy) is 1. The van der Waals surface area contributed by atoms with Crippen LogP contribution in [0.1, 0.15) is 22.3 Å². The van der Waals surface area contributed by atoms with Crippen LogP contribution < -0.4 is 0 Å². The van der Waals surface area contributed by atoms with Crippen molar-refractivity contribution in [3.05, 3.63) is 34.0 Å². The molecule has 96 valence electrons. The van der Waals surface area contributed by atoms with Crippen molar-refractivity contribution in [3.63, 3.8) is 0 Å². The molecule has 1 rings (SSSR count). The van der Waals surface area contributed by atoms with Gasteiger partial charge in [-0.15, -0.1) is 4.91 Å². The third-order valence-electron chi connectivity index (χ3n) is 2.31. The predicted octanol–water partition coefficient (Wildman–Crippen LogP) is 2.03. The molecule has 6 nitrogen and oxygen atoms in total. The van der Waals surface area contributed by atoms with Crippen LogP contribution in [0.4, 0.5) is 10.1 Å². The minimum Gasteiger partial charge on any atom is -0.481 e. The molecular weight excluding hydrogens is 245 g/mol. The Morgan fingerprint density at radius 3 is 2.61 bits per heavy atom. The molecule has 0 atom stereocenters. The molecule has 0 spiro atoms. The van der Waals surface area contributed by atoms with Crippen molar-refractivity contribution < 1.29 is 23.8 Å². The van der Waals surface area contributed by atoms with Crippen LogP contribution in [0.5, 0.6) is 0 Å². The minimum atomic E-state index is -1.14. The second kappa shape index (κ2) is 5.85. The van der Waals surface area contributed by atoms with E-state index in [-0.39, 0.29) is 29.7 Å². The van der Waals surface area contributed by atoms with Crippen molar-refractivity contribution in [1.82, 2.24) is 0 Å². The van der Waals surface area contributed by atoms with E-state index in [0.29, 0.717) is 0 Å². The maximum absolute atomic E-state index is 13.6. The lowest BCUT2D eigenvalue weighted by atomic mass is 10.0. The second-order valence-corrected chi connectivity index (χ2v) is 3.40. The molecule has 0 fully saturated rings. The Morgan fingerprint density at radius 1 is 1.44 bits per heavy atom. The summed E-state index contributed by atoms with van der Waals surface area (Å²) >= 11 is 0. The van der Waals surface area contributed by atoms with Gasteiger partial charge >= 0.3 is 11.9 Å². The lowest BCUT2D eigenvalue weighted by Gasteiger charge is -2.09. The molecule has 0 radical (unpaired) electrons. The number of rotatable bonds is 5. The number of nitrogens with zero attached hydrogens (tertiary/aromatic N) is 1. The zero-order valence-electron chi connectivity index (χ0n) is 9.47. The largest absolute Gasteiger partial charge is 0.481 e. The van der Waals surface area contributed by atoms with Crippen LogP contribution in [0.3, 0.4) is 0 Å². The van der Waals surface area contributed by atoms with Crippen molar-refractivity contribution in [1.29, 1.82) is 0 Å². The third kappa shape index (κ3) is 2.88. The number of carboxylic acid groups (broad SMARTS) is 1. The molecule has 7 heteroatoms.